The predicted octanol–water partition coefficient (Wildman–Crippen LogP) is 3.74. The minimum atomic E-state index is -4.97. The van der Waals surface area contributed by atoms with E-state index in [-0.39, 0.29) is 22.4 Å². The minimum absolute atomic E-state index is 0.0851. The molecule has 8 nitrogen and oxygen atoms in total. The van der Waals surface area contributed by atoms with Crippen LogP contribution in [0.2, 0.25) is 0 Å². The molecule has 0 saturated carbocycles. The van der Waals surface area contributed by atoms with Gasteiger partial charge in [0.25, 0.3) is 17.5 Å². The van der Waals surface area contributed by atoms with Gasteiger partial charge in [0.2, 0.25) is 5.75 Å². The van der Waals surface area contributed by atoms with Gasteiger partial charge in [0, 0.05) is 22.4 Å². The summed E-state index contributed by atoms with van der Waals surface area (Å²) in [7, 11) is 0. The van der Waals surface area contributed by atoms with Crippen molar-refractivity contribution < 1.29 is 36.2 Å². The number of benzene rings is 1. The van der Waals surface area contributed by atoms with Crippen molar-refractivity contribution in [3.63, 3.8) is 0 Å². The fraction of sp³-hybridized carbons (Fsp3) is 0.273. The Labute approximate surface area is 198 Å². The number of rotatable bonds is 8. The SMILES string of the molecule is Cc1c(C#N)cc(C(F)F)cc1Oc1c(C(F)(F)C(F)F)ncn(Cc2ccc(CO)[nH]c2=O)c1=O. The largest absolute Gasteiger partial charge is 0.449 e. The molecule has 0 aliphatic rings. The van der Waals surface area contributed by atoms with Gasteiger partial charge in [-0.3, -0.25) is 14.2 Å². The molecule has 2 N–H and O–H groups in total. The van der Waals surface area contributed by atoms with Crippen molar-refractivity contribution >= 4 is 0 Å². The normalized spacial score (nSPS) is 11.7. The zero-order chi connectivity index (χ0) is 26.8. The van der Waals surface area contributed by atoms with E-state index < -0.39 is 65.8 Å². The van der Waals surface area contributed by atoms with E-state index in [4.69, 9.17) is 9.84 Å². The molecule has 190 valence electrons. The lowest BCUT2D eigenvalue weighted by molar-refractivity contribution is -0.139. The lowest BCUT2D eigenvalue weighted by Gasteiger charge is -2.20. The van der Waals surface area contributed by atoms with E-state index in [9.17, 15) is 41.2 Å². The number of pyridine rings is 1. The summed E-state index contributed by atoms with van der Waals surface area (Å²) < 4.78 is 87.2. The summed E-state index contributed by atoms with van der Waals surface area (Å²) in [5.74, 6) is -7.00. The van der Waals surface area contributed by atoms with Crippen molar-refractivity contribution in [1.29, 1.82) is 5.26 Å². The van der Waals surface area contributed by atoms with Gasteiger partial charge >= 0.3 is 12.3 Å². The van der Waals surface area contributed by atoms with Crippen molar-refractivity contribution in [1.82, 2.24) is 14.5 Å². The first-order valence-electron chi connectivity index (χ1n) is 9.99. The molecule has 0 fully saturated rings. The molecule has 14 heteroatoms. The number of nitriles is 1. The van der Waals surface area contributed by atoms with Crippen LogP contribution in [-0.4, -0.2) is 26.1 Å². The van der Waals surface area contributed by atoms with Crippen molar-refractivity contribution in [2.45, 2.75) is 38.8 Å². The lowest BCUT2D eigenvalue weighted by atomic mass is 10.0. The van der Waals surface area contributed by atoms with E-state index in [1.54, 1.807) is 6.07 Å². The topological polar surface area (TPSA) is 121 Å². The summed E-state index contributed by atoms with van der Waals surface area (Å²) in [6.45, 7) is 0.155. The number of aromatic amines is 1. The molecule has 1 aromatic carbocycles. The summed E-state index contributed by atoms with van der Waals surface area (Å²) in [4.78, 5) is 30.8. The van der Waals surface area contributed by atoms with Gasteiger partial charge in [0.1, 0.15) is 5.75 Å². The van der Waals surface area contributed by atoms with Gasteiger partial charge in [-0.15, -0.1) is 0 Å². The molecule has 0 amide bonds. The van der Waals surface area contributed by atoms with Gasteiger partial charge < -0.3 is 14.8 Å². The van der Waals surface area contributed by atoms with Gasteiger partial charge in [-0.2, -0.15) is 14.0 Å². The number of H-pyrrole nitrogens is 1. The molecular formula is C22H16F6N4O4. The Balaban J connectivity index is 2.21. The van der Waals surface area contributed by atoms with Crippen LogP contribution in [0.25, 0.3) is 0 Å². The van der Waals surface area contributed by atoms with Gasteiger partial charge in [0.05, 0.1) is 31.1 Å². The third kappa shape index (κ3) is 5.10. The summed E-state index contributed by atoms with van der Waals surface area (Å²) in [6, 6.07) is 5.67. The molecule has 3 rings (SSSR count). The number of aromatic nitrogens is 3. The Kier molecular flexibility index (Phi) is 7.54. The number of aliphatic hydroxyl groups is 1. The van der Waals surface area contributed by atoms with E-state index >= 15 is 0 Å². The number of hydrogen-bond donors (Lipinski definition) is 2. The van der Waals surface area contributed by atoms with Crippen molar-refractivity contribution in [3.05, 3.63) is 84.9 Å². The van der Waals surface area contributed by atoms with Crippen LogP contribution in [0.5, 0.6) is 11.5 Å². The molecular weight excluding hydrogens is 498 g/mol. The molecule has 0 spiro atoms. The first-order valence-corrected chi connectivity index (χ1v) is 9.99. The van der Waals surface area contributed by atoms with Crippen LogP contribution in [0.1, 0.15) is 40.1 Å². The third-order valence-corrected chi connectivity index (χ3v) is 5.12. The van der Waals surface area contributed by atoms with Crippen LogP contribution in [0.15, 0.2) is 40.2 Å². The highest BCUT2D eigenvalue weighted by molar-refractivity contribution is 5.51. The van der Waals surface area contributed by atoms with Gasteiger partial charge in [-0.25, -0.2) is 22.5 Å². The molecule has 0 unspecified atom stereocenters. The Morgan fingerprint density at radius 1 is 1.22 bits per heavy atom. The minimum Gasteiger partial charge on any atom is -0.449 e. The summed E-state index contributed by atoms with van der Waals surface area (Å²) in [6.07, 6.45) is -6.91. The van der Waals surface area contributed by atoms with Crippen LogP contribution in [-0.2, 0) is 19.1 Å². The highest BCUT2D eigenvalue weighted by Crippen LogP contribution is 2.39. The Hall–Kier alpha value is -4.12. The zero-order valence-electron chi connectivity index (χ0n) is 18.2. The summed E-state index contributed by atoms with van der Waals surface area (Å²) >= 11 is 0. The van der Waals surface area contributed by atoms with Gasteiger partial charge in [-0.05, 0) is 31.2 Å². The molecule has 0 bridgehead atoms. The molecule has 0 aliphatic carbocycles. The first-order chi connectivity index (χ1) is 16.9. The monoisotopic (exact) mass is 514 g/mol. The Morgan fingerprint density at radius 2 is 1.92 bits per heavy atom. The smallest absolute Gasteiger partial charge is 0.352 e. The number of aliphatic hydroxyl groups excluding tert-OH is 1. The number of hydrogen-bond acceptors (Lipinski definition) is 6. The standard InChI is InChI=1S/C22H16F6N4O4/c1-10-13(6-29)4-12(18(23)24)5-15(10)36-16-17(22(27,28)21(25)26)30-9-32(20(16)35)7-11-2-3-14(8-33)31-19(11)34/h2-5,9,18,21,33H,7-8H2,1H3,(H,31,34). The van der Waals surface area contributed by atoms with Gasteiger partial charge in [0.15, 0.2) is 5.69 Å². The second-order valence-corrected chi connectivity index (χ2v) is 7.48. The molecule has 0 radical (unpaired) electrons. The fourth-order valence-corrected chi connectivity index (χ4v) is 3.13. The van der Waals surface area contributed by atoms with E-state index in [1.807, 2.05) is 0 Å². The second-order valence-electron chi connectivity index (χ2n) is 7.48. The van der Waals surface area contributed by atoms with Crippen LogP contribution >= 0.6 is 0 Å². The van der Waals surface area contributed by atoms with E-state index in [0.717, 1.165) is 6.07 Å². The first kappa shape index (κ1) is 26.5. The van der Waals surface area contributed by atoms with Crippen molar-refractivity contribution in [2.24, 2.45) is 0 Å². The maximum atomic E-state index is 14.3. The average Bonchev–Trinajstić information content (AvgIpc) is 2.83. The molecule has 0 saturated heterocycles. The lowest BCUT2D eigenvalue weighted by Crippen LogP contribution is -2.32. The third-order valence-electron chi connectivity index (χ3n) is 5.12. The van der Waals surface area contributed by atoms with Crippen LogP contribution in [0.3, 0.4) is 0 Å². The second kappa shape index (κ2) is 10.2. The highest BCUT2D eigenvalue weighted by Gasteiger charge is 2.48. The van der Waals surface area contributed by atoms with Crippen molar-refractivity contribution in [3.8, 4) is 17.6 Å². The fourth-order valence-electron chi connectivity index (χ4n) is 3.13. The number of nitrogens with zero attached hydrogens (tertiary/aromatic N) is 3. The molecule has 2 heterocycles. The highest BCUT2D eigenvalue weighted by atomic mass is 19.3. The maximum Gasteiger partial charge on any atom is 0.352 e. The average molecular weight is 514 g/mol. The number of ether oxygens (including phenoxy) is 1. The molecule has 0 aliphatic heterocycles. The zero-order valence-corrected chi connectivity index (χ0v) is 18.2. The molecule has 36 heavy (non-hydrogen) atoms. The summed E-state index contributed by atoms with van der Waals surface area (Å²) in [5.41, 5.74) is -5.06. The quantitative estimate of drug-likeness (QED) is 0.442. The molecule has 0 atom stereocenters. The summed E-state index contributed by atoms with van der Waals surface area (Å²) in [5, 5.41) is 18.3. The van der Waals surface area contributed by atoms with E-state index in [1.165, 1.54) is 19.1 Å². The Bertz CT molecular complexity index is 1450. The van der Waals surface area contributed by atoms with E-state index in [2.05, 4.69) is 9.97 Å². The number of alkyl halides is 6. The van der Waals surface area contributed by atoms with Crippen LogP contribution in [0.4, 0.5) is 26.3 Å². The van der Waals surface area contributed by atoms with Crippen molar-refractivity contribution in [2.75, 3.05) is 0 Å². The van der Waals surface area contributed by atoms with Crippen LogP contribution in [0, 0.1) is 18.3 Å². The number of halogens is 6. The maximum absolute atomic E-state index is 14.3. The van der Waals surface area contributed by atoms with Crippen LogP contribution < -0.4 is 15.9 Å². The Morgan fingerprint density at radius 3 is 2.47 bits per heavy atom. The van der Waals surface area contributed by atoms with Gasteiger partial charge in [-0.1, -0.05) is 0 Å². The van der Waals surface area contributed by atoms with E-state index in [0.29, 0.717) is 17.0 Å². The molecule has 2 aromatic heterocycles. The number of nitrogens with one attached hydrogen (secondary N) is 1. The molecule has 3 aromatic rings. The predicted molar refractivity (Wildman–Crippen MR) is 111 cm³/mol.